The molecule has 0 aromatic carbocycles. The van der Waals surface area contributed by atoms with Gasteiger partial charge in [0.05, 0.1) is 51.9 Å². The van der Waals surface area contributed by atoms with Crippen LogP contribution >= 0.6 is 0 Å². The van der Waals surface area contributed by atoms with Crippen LogP contribution in [0.4, 0.5) is 0 Å². The van der Waals surface area contributed by atoms with Crippen molar-refractivity contribution in [1.82, 2.24) is 15.0 Å². The normalized spacial score (nSPS) is 27.1. The minimum absolute atomic E-state index is 0.248. The maximum absolute atomic E-state index is 10.3. The minimum atomic E-state index is -1.03. The Morgan fingerprint density at radius 3 is 2.40 bits per heavy atom. The molecule has 0 radical (unpaired) electrons. The fraction of sp³-hybridized carbons (Fsp3) is 0.900. The van der Waals surface area contributed by atoms with Gasteiger partial charge in [-0.2, -0.15) is 0 Å². The van der Waals surface area contributed by atoms with Crippen molar-refractivity contribution in [3.05, 3.63) is 11.9 Å². The highest BCUT2D eigenvalue weighted by Crippen LogP contribution is 2.27. The monoisotopic (exact) mass is 431 g/mol. The van der Waals surface area contributed by atoms with Gasteiger partial charge in [-0.15, -0.1) is 5.10 Å². The third-order valence-corrected chi connectivity index (χ3v) is 5.03. The summed E-state index contributed by atoms with van der Waals surface area (Å²) in [5, 5.41) is 28.5. The molecule has 30 heavy (non-hydrogen) atoms. The number of aromatic nitrogens is 3. The predicted octanol–water partition coefficient (Wildman–Crippen LogP) is 0.603. The van der Waals surface area contributed by atoms with Crippen LogP contribution in [-0.2, 0) is 36.8 Å². The van der Waals surface area contributed by atoms with E-state index in [9.17, 15) is 10.2 Å². The van der Waals surface area contributed by atoms with Crippen LogP contribution in [0, 0.1) is 11.8 Å². The Morgan fingerprint density at radius 2 is 1.73 bits per heavy atom. The van der Waals surface area contributed by atoms with Crippen LogP contribution in [0.1, 0.15) is 32.9 Å². The third kappa shape index (κ3) is 8.18. The fourth-order valence-corrected chi connectivity index (χ4v) is 3.10. The molecule has 1 aromatic rings. The average molecular weight is 432 g/mol. The van der Waals surface area contributed by atoms with E-state index >= 15 is 0 Å². The lowest BCUT2D eigenvalue weighted by Crippen LogP contribution is -2.55. The highest BCUT2D eigenvalue weighted by atomic mass is 16.7. The molecule has 0 saturated carbocycles. The smallest absolute Gasteiger partial charge is 0.162 e. The van der Waals surface area contributed by atoms with E-state index in [-0.39, 0.29) is 12.5 Å². The van der Waals surface area contributed by atoms with Crippen LogP contribution in [-0.4, -0.2) is 90.0 Å². The zero-order valence-electron chi connectivity index (χ0n) is 18.5. The van der Waals surface area contributed by atoms with Crippen LogP contribution in [0.2, 0.25) is 0 Å². The molecule has 0 bridgehead atoms. The van der Waals surface area contributed by atoms with Gasteiger partial charge in [-0.25, -0.2) is 4.68 Å². The molecule has 1 aliphatic rings. The predicted molar refractivity (Wildman–Crippen MR) is 108 cm³/mol. The Bertz CT molecular complexity index is 585. The summed E-state index contributed by atoms with van der Waals surface area (Å²) < 4.78 is 29.0. The molecule has 1 saturated heterocycles. The summed E-state index contributed by atoms with van der Waals surface area (Å²) in [6, 6.07) is 0. The first kappa shape index (κ1) is 25.1. The number of hydrogen-bond donors (Lipinski definition) is 2. The summed E-state index contributed by atoms with van der Waals surface area (Å²) in [5.41, 5.74) is 0.662. The van der Waals surface area contributed by atoms with E-state index < -0.39 is 24.6 Å². The minimum Gasteiger partial charge on any atom is -0.390 e. The van der Waals surface area contributed by atoms with Gasteiger partial charge in [0.2, 0.25) is 0 Å². The molecule has 2 rings (SSSR count). The standard InChI is InChI=1S/C20H37N3O7/c1-14(2)5-6-27-7-8-28-9-10-29-13-16-11-23(22-21-16)12-17-19(25)18(24)15(3)20(26-4)30-17/h11,14-15,17-20,24-25H,5-10,12-13H2,1-4H3/t15-,17-,18-,19?,20+/m1/s1. The highest BCUT2D eigenvalue weighted by molar-refractivity contribution is 4.92. The van der Waals surface area contributed by atoms with Gasteiger partial charge in [-0.3, -0.25) is 0 Å². The summed E-state index contributed by atoms with van der Waals surface area (Å²) in [6.07, 6.45) is -0.399. The van der Waals surface area contributed by atoms with Gasteiger partial charge in [-0.05, 0) is 12.3 Å². The van der Waals surface area contributed by atoms with Crippen molar-refractivity contribution >= 4 is 0 Å². The number of hydrogen-bond acceptors (Lipinski definition) is 9. The Hall–Kier alpha value is -1.14. The largest absolute Gasteiger partial charge is 0.390 e. The molecule has 2 heterocycles. The second-order valence-corrected chi connectivity index (χ2v) is 8.01. The Morgan fingerprint density at radius 1 is 1.07 bits per heavy atom. The van der Waals surface area contributed by atoms with Crippen LogP contribution < -0.4 is 0 Å². The molecule has 1 unspecified atom stereocenters. The molecular formula is C20H37N3O7. The first-order chi connectivity index (χ1) is 14.4. The van der Waals surface area contributed by atoms with Gasteiger partial charge in [-0.1, -0.05) is 26.0 Å². The Balaban J connectivity index is 1.60. The molecule has 2 N–H and O–H groups in total. The van der Waals surface area contributed by atoms with Crippen molar-refractivity contribution in [1.29, 1.82) is 0 Å². The second-order valence-electron chi connectivity index (χ2n) is 8.01. The Kier molecular flexibility index (Phi) is 11.1. The Labute approximate surface area is 178 Å². The van der Waals surface area contributed by atoms with Crippen molar-refractivity contribution in [2.24, 2.45) is 11.8 Å². The molecule has 10 heteroatoms. The van der Waals surface area contributed by atoms with Gasteiger partial charge in [0.1, 0.15) is 17.9 Å². The SMILES string of the molecule is CO[C@H]1O[C@H](Cn2cc(COCCOCCOCCC(C)C)nn2)C(O)[C@H](O)[C@H]1C. The zero-order chi connectivity index (χ0) is 21.9. The molecule has 174 valence electrons. The quantitative estimate of drug-likeness (QED) is 0.408. The van der Waals surface area contributed by atoms with E-state index in [1.807, 2.05) is 0 Å². The first-order valence-electron chi connectivity index (χ1n) is 10.6. The van der Waals surface area contributed by atoms with E-state index in [1.165, 1.54) is 7.11 Å². The molecule has 0 amide bonds. The molecule has 10 nitrogen and oxygen atoms in total. The molecular weight excluding hydrogens is 394 g/mol. The number of nitrogens with zero attached hydrogens (tertiary/aromatic N) is 3. The molecule has 1 aromatic heterocycles. The molecule has 1 aliphatic heterocycles. The van der Waals surface area contributed by atoms with Gasteiger partial charge in [0, 0.05) is 19.6 Å². The molecule has 0 aliphatic carbocycles. The molecule has 0 spiro atoms. The van der Waals surface area contributed by atoms with E-state index in [0.29, 0.717) is 44.6 Å². The van der Waals surface area contributed by atoms with E-state index in [0.717, 1.165) is 13.0 Å². The maximum atomic E-state index is 10.3. The lowest BCUT2D eigenvalue weighted by Gasteiger charge is -2.40. The summed E-state index contributed by atoms with van der Waals surface area (Å²) in [7, 11) is 1.51. The number of aliphatic hydroxyl groups is 2. The third-order valence-electron chi connectivity index (χ3n) is 5.03. The van der Waals surface area contributed by atoms with Crippen molar-refractivity contribution in [3.8, 4) is 0 Å². The van der Waals surface area contributed by atoms with E-state index in [1.54, 1.807) is 17.8 Å². The number of rotatable bonds is 14. The molecule has 1 fully saturated rings. The zero-order valence-corrected chi connectivity index (χ0v) is 18.5. The van der Waals surface area contributed by atoms with Crippen molar-refractivity contribution in [2.45, 2.75) is 64.9 Å². The summed E-state index contributed by atoms with van der Waals surface area (Å²) in [6.45, 7) is 9.51. The number of methoxy groups -OCH3 is 1. The fourth-order valence-electron chi connectivity index (χ4n) is 3.10. The van der Waals surface area contributed by atoms with Gasteiger partial charge in [0.25, 0.3) is 0 Å². The average Bonchev–Trinajstić information content (AvgIpc) is 3.16. The lowest BCUT2D eigenvalue weighted by atomic mass is 9.92. The van der Waals surface area contributed by atoms with Crippen LogP contribution in [0.3, 0.4) is 0 Å². The van der Waals surface area contributed by atoms with Crippen LogP contribution in [0.15, 0.2) is 6.20 Å². The van der Waals surface area contributed by atoms with Crippen LogP contribution in [0.5, 0.6) is 0 Å². The van der Waals surface area contributed by atoms with Gasteiger partial charge < -0.3 is 33.9 Å². The topological polar surface area (TPSA) is 117 Å². The van der Waals surface area contributed by atoms with Crippen molar-refractivity contribution in [2.75, 3.05) is 40.1 Å². The highest BCUT2D eigenvalue weighted by Gasteiger charge is 2.42. The van der Waals surface area contributed by atoms with Crippen molar-refractivity contribution in [3.63, 3.8) is 0 Å². The maximum Gasteiger partial charge on any atom is 0.162 e. The van der Waals surface area contributed by atoms with Gasteiger partial charge in [0.15, 0.2) is 6.29 Å². The van der Waals surface area contributed by atoms with Gasteiger partial charge >= 0.3 is 0 Å². The van der Waals surface area contributed by atoms with Crippen molar-refractivity contribution < 1.29 is 33.9 Å². The first-order valence-corrected chi connectivity index (χ1v) is 10.6. The molecule has 5 atom stereocenters. The number of aliphatic hydroxyl groups excluding tert-OH is 2. The van der Waals surface area contributed by atoms with Crippen LogP contribution in [0.25, 0.3) is 0 Å². The summed E-state index contributed by atoms with van der Waals surface area (Å²) in [5.74, 6) is 0.324. The summed E-state index contributed by atoms with van der Waals surface area (Å²) >= 11 is 0. The van der Waals surface area contributed by atoms with E-state index in [4.69, 9.17) is 23.7 Å². The number of ether oxygens (including phenoxy) is 5. The second kappa shape index (κ2) is 13.3. The summed E-state index contributed by atoms with van der Waals surface area (Å²) in [4.78, 5) is 0. The van der Waals surface area contributed by atoms with E-state index in [2.05, 4.69) is 24.2 Å². The lowest BCUT2D eigenvalue weighted by molar-refractivity contribution is -0.272.